The molecular formula is C19H12F2N2. The first-order valence-corrected chi connectivity index (χ1v) is 7.06. The van der Waals surface area contributed by atoms with E-state index < -0.39 is 0 Å². The molecule has 1 aromatic heterocycles. The molecule has 0 unspecified atom stereocenters. The van der Waals surface area contributed by atoms with Gasteiger partial charge in [0.05, 0.1) is 18.2 Å². The van der Waals surface area contributed by atoms with Crippen molar-refractivity contribution in [2.45, 2.75) is 6.42 Å². The Hall–Kier alpha value is -3.06. The van der Waals surface area contributed by atoms with Crippen molar-refractivity contribution < 1.29 is 8.78 Å². The molecular weight excluding hydrogens is 294 g/mol. The summed E-state index contributed by atoms with van der Waals surface area (Å²) in [4.78, 5) is 4.25. The van der Waals surface area contributed by atoms with Gasteiger partial charge in [0.25, 0.3) is 0 Å². The van der Waals surface area contributed by atoms with Gasteiger partial charge < -0.3 is 0 Å². The summed E-state index contributed by atoms with van der Waals surface area (Å²) in [6.07, 6.45) is 1.58. The second-order valence-electron chi connectivity index (χ2n) is 5.02. The SMILES string of the molecule is N#CCc1cc(-c2ccccc2F)ncc1-c1ccccc1F. The minimum absolute atomic E-state index is 0.0909. The molecule has 0 saturated carbocycles. The molecule has 0 aliphatic heterocycles. The zero-order chi connectivity index (χ0) is 16.2. The third-order valence-electron chi connectivity index (χ3n) is 3.57. The summed E-state index contributed by atoms with van der Waals surface area (Å²) in [5.74, 6) is -0.770. The molecule has 0 amide bonds. The van der Waals surface area contributed by atoms with Crippen molar-refractivity contribution in [2.75, 3.05) is 0 Å². The molecule has 0 saturated heterocycles. The Morgan fingerprint density at radius 3 is 2.09 bits per heavy atom. The Balaban J connectivity index is 2.16. The highest BCUT2D eigenvalue weighted by molar-refractivity contribution is 5.71. The van der Waals surface area contributed by atoms with E-state index in [9.17, 15) is 8.78 Å². The molecule has 1 heterocycles. The van der Waals surface area contributed by atoms with Gasteiger partial charge in [-0.15, -0.1) is 0 Å². The molecule has 0 N–H and O–H groups in total. The van der Waals surface area contributed by atoms with Crippen molar-refractivity contribution >= 4 is 0 Å². The summed E-state index contributed by atoms with van der Waals surface area (Å²) in [7, 11) is 0. The van der Waals surface area contributed by atoms with E-state index in [1.807, 2.05) is 0 Å². The van der Waals surface area contributed by atoms with E-state index in [1.165, 1.54) is 18.3 Å². The summed E-state index contributed by atoms with van der Waals surface area (Å²) >= 11 is 0. The van der Waals surface area contributed by atoms with Crippen LogP contribution >= 0.6 is 0 Å². The van der Waals surface area contributed by atoms with Crippen molar-refractivity contribution in [1.82, 2.24) is 4.98 Å². The summed E-state index contributed by atoms with van der Waals surface area (Å²) in [6.45, 7) is 0. The van der Waals surface area contributed by atoms with E-state index in [2.05, 4.69) is 11.1 Å². The van der Waals surface area contributed by atoms with Crippen molar-refractivity contribution in [2.24, 2.45) is 0 Å². The average Bonchev–Trinajstić information content (AvgIpc) is 2.56. The predicted octanol–water partition coefficient (Wildman–Crippen LogP) is 4.76. The monoisotopic (exact) mass is 306 g/mol. The van der Waals surface area contributed by atoms with Crippen LogP contribution in [0.25, 0.3) is 22.4 Å². The predicted molar refractivity (Wildman–Crippen MR) is 84.3 cm³/mol. The second kappa shape index (κ2) is 6.37. The van der Waals surface area contributed by atoms with Crippen LogP contribution in [0.3, 0.4) is 0 Å². The van der Waals surface area contributed by atoms with Crippen molar-refractivity contribution in [3.63, 3.8) is 0 Å². The van der Waals surface area contributed by atoms with Gasteiger partial charge in [0.1, 0.15) is 11.6 Å². The molecule has 2 nitrogen and oxygen atoms in total. The first-order chi connectivity index (χ1) is 11.2. The summed E-state index contributed by atoms with van der Waals surface area (Å²) in [5, 5.41) is 9.04. The third kappa shape index (κ3) is 2.95. The van der Waals surface area contributed by atoms with Crippen LogP contribution in [0.15, 0.2) is 60.8 Å². The van der Waals surface area contributed by atoms with Gasteiger partial charge in [-0.1, -0.05) is 30.3 Å². The molecule has 0 aliphatic carbocycles. The van der Waals surface area contributed by atoms with Gasteiger partial charge in [0.15, 0.2) is 0 Å². The van der Waals surface area contributed by atoms with Gasteiger partial charge in [-0.3, -0.25) is 4.98 Å². The van der Waals surface area contributed by atoms with Gasteiger partial charge in [-0.25, -0.2) is 8.78 Å². The maximum atomic E-state index is 14.0. The zero-order valence-corrected chi connectivity index (χ0v) is 12.1. The molecule has 0 spiro atoms. The number of hydrogen-bond acceptors (Lipinski definition) is 2. The van der Waals surface area contributed by atoms with E-state index in [-0.39, 0.29) is 18.1 Å². The lowest BCUT2D eigenvalue weighted by atomic mass is 9.97. The summed E-state index contributed by atoms with van der Waals surface area (Å²) < 4.78 is 27.9. The summed E-state index contributed by atoms with van der Waals surface area (Å²) in [6, 6.07) is 16.3. The first-order valence-electron chi connectivity index (χ1n) is 7.06. The molecule has 0 radical (unpaired) electrons. The molecule has 23 heavy (non-hydrogen) atoms. The Kier molecular flexibility index (Phi) is 4.11. The normalized spacial score (nSPS) is 10.3. The van der Waals surface area contributed by atoms with Gasteiger partial charge in [-0.2, -0.15) is 5.26 Å². The van der Waals surface area contributed by atoms with E-state index in [4.69, 9.17) is 5.26 Å². The Bertz CT molecular complexity index is 898. The number of aromatic nitrogens is 1. The molecule has 0 aliphatic rings. The third-order valence-corrected chi connectivity index (χ3v) is 3.57. The average molecular weight is 306 g/mol. The number of nitriles is 1. The van der Waals surface area contributed by atoms with Gasteiger partial charge in [0, 0.05) is 22.9 Å². The van der Waals surface area contributed by atoms with Crippen LogP contribution in [0.5, 0.6) is 0 Å². The Morgan fingerprint density at radius 2 is 1.48 bits per heavy atom. The molecule has 2 aromatic carbocycles. The second-order valence-corrected chi connectivity index (χ2v) is 5.02. The van der Waals surface area contributed by atoms with Crippen LogP contribution in [0.4, 0.5) is 8.78 Å². The highest BCUT2D eigenvalue weighted by Gasteiger charge is 2.13. The lowest BCUT2D eigenvalue weighted by molar-refractivity contribution is 0.630. The standard InChI is InChI=1S/C19H12F2N2/c20-17-7-3-1-5-14(17)16-12-23-19(11-13(16)9-10-22)15-6-2-4-8-18(15)21/h1-8,11-12H,9H2. The lowest BCUT2D eigenvalue weighted by Crippen LogP contribution is -1.96. The number of hydrogen-bond donors (Lipinski definition) is 0. The maximum Gasteiger partial charge on any atom is 0.132 e. The van der Waals surface area contributed by atoms with Crippen LogP contribution in [0, 0.1) is 23.0 Å². The molecule has 3 aromatic rings. The van der Waals surface area contributed by atoms with E-state index in [0.717, 1.165) is 0 Å². The number of nitrogens with zero attached hydrogens (tertiary/aromatic N) is 2. The van der Waals surface area contributed by atoms with Gasteiger partial charge in [0.2, 0.25) is 0 Å². The molecule has 0 fully saturated rings. The fourth-order valence-corrected chi connectivity index (χ4v) is 2.47. The Morgan fingerprint density at radius 1 is 0.870 bits per heavy atom. The minimum atomic E-state index is -0.387. The fraction of sp³-hybridized carbons (Fsp3) is 0.0526. The topological polar surface area (TPSA) is 36.7 Å². The molecule has 112 valence electrons. The zero-order valence-electron chi connectivity index (χ0n) is 12.1. The lowest BCUT2D eigenvalue weighted by Gasteiger charge is -2.10. The fourth-order valence-electron chi connectivity index (χ4n) is 2.47. The smallest absolute Gasteiger partial charge is 0.132 e. The quantitative estimate of drug-likeness (QED) is 0.699. The van der Waals surface area contributed by atoms with Crippen molar-refractivity contribution in [3.05, 3.63) is 78.0 Å². The van der Waals surface area contributed by atoms with Crippen molar-refractivity contribution in [1.29, 1.82) is 5.26 Å². The molecule has 0 atom stereocenters. The van der Waals surface area contributed by atoms with Crippen LogP contribution in [0.2, 0.25) is 0 Å². The van der Waals surface area contributed by atoms with Crippen LogP contribution in [-0.4, -0.2) is 4.98 Å². The molecule has 4 heteroatoms. The highest BCUT2D eigenvalue weighted by Crippen LogP contribution is 2.30. The van der Waals surface area contributed by atoms with Crippen LogP contribution < -0.4 is 0 Å². The van der Waals surface area contributed by atoms with Gasteiger partial charge in [-0.05, 0) is 29.8 Å². The van der Waals surface area contributed by atoms with Gasteiger partial charge >= 0.3 is 0 Å². The Labute approximate surface area is 132 Å². The molecule has 3 rings (SSSR count). The maximum absolute atomic E-state index is 14.0. The van der Waals surface area contributed by atoms with E-state index >= 15 is 0 Å². The number of benzene rings is 2. The highest BCUT2D eigenvalue weighted by atomic mass is 19.1. The van der Waals surface area contributed by atoms with Crippen molar-refractivity contribution in [3.8, 4) is 28.5 Å². The number of rotatable bonds is 3. The van der Waals surface area contributed by atoms with Crippen LogP contribution in [-0.2, 0) is 6.42 Å². The van der Waals surface area contributed by atoms with E-state index in [1.54, 1.807) is 42.5 Å². The summed E-state index contributed by atoms with van der Waals surface area (Å²) in [5.41, 5.74) is 2.32. The van der Waals surface area contributed by atoms with E-state index in [0.29, 0.717) is 27.9 Å². The minimum Gasteiger partial charge on any atom is -0.255 e. The first kappa shape index (κ1) is 14.9. The number of halogens is 2. The number of pyridine rings is 1. The van der Waals surface area contributed by atoms with Crippen LogP contribution in [0.1, 0.15) is 5.56 Å². The largest absolute Gasteiger partial charge is 0.255 e. The molecule has 0 bridgehead atoms.